The molecule has 1 aromatic rings. The van der Waals surface area contributed by atoms with Crippen molar-refractivity contribution in [2.75, 3.05) is 0 Å². The minimum atomic E-state index is -1.10. The van der Waals surface area contributed by atoms with Crippen molar-refractivity contribution < 1.29 is 9.59 Å². The van der Waals surface area contributed by atoms with Crippen LogP contribution in [0.1, 0.15) is 32.3 Å². The van der Waals surface area contributed by atoms with Crippen molar-refractivity contribution in [3.63, 3.8) is 0 Å². The van der Waals surface area contributed by atoms with E-state index in [0.29, 0.717) is 12.8 Å². The fourth-order valence-corrected chi connectivity index (χ4v) is 3.06. The minimum absolute atomic E-state index is 0.00574. The van der Waals surface area contributed by atoms with Crippen LogP contribution in [0.3, 0.4) is 0 Å². The molecule has 1 aliphatic rings. The second kappa shape index (κ2) is 4.20. The average molecular weight is 242 g/mol. The molecule has 2 rings (SSSR count). The number of carbonyl (C=O) groups is 2. The summed E-state index contributed by atoms with van der Waals surface area (Å²) in [4.78, 5) is 25.2. The molecule has 0 atom stereocenters. The van der Waals surface area contributed by atoms with Gasteiger partial charge in [0.1, 0.15) is 5.41 Å². The number of Topliss-reactive ketones (excluding diaryl/α,β-unsaturated/α-hetero) is 2. The number of rotatable bonds is 4. The van der Waals surface area contributed by atoms with E-state index in [9.17, 15) is 9.59 Å². The highest BCUT2D eigenvalue weighted by Crippen LogP contribution is 2.53. The van der Waals surface area contributed by atoms with E-state index in [4.69, 9.17) is 0 Å². The maximum Gasteiger partial charge on any atom is 0.168 e. The van der Waals surface area contributed by atoms with E-state index >= 15 is 0 Å². The van der Waals surface area contributed by atoms with Crippen LogP contribution in [-0.2, 0) is 15.0 Å². The summed E-state index contributed by atoms with van der Waals surface area (Å²) < 4.78 is 0. The Bertz CT molecular complexity index is 477. The molecule has 18 heavy (non-hydrogen) atoms. The molecule has 1 aliphatic carbocycles. The summed E-state index contributed by atoms with van der Waals surface area (Å²) in [7, 11) is 0. The van der Waals surface area contributed by atoms with E-state index < -0.39 is 10.8 Å². The Kier molecular flexibility index (Phi) is 2.97. The SMILES string of the molecule is C=CC1(c2ccccc2)C(=O)C(CC)(CC)C1=O. The van der Waals surface area contributed by atoms with Crippen LogP contribution >= 0.6 is 0 Å². The lowest BCUT2D eigenvalue weighted by molar-refractivity contribution is -0.161. The van der Waals surface area contributed by atoms with Gasteiger partial charge >= 0.3 is 0 Å². The lowest BCUT2D eigenvalue weighted by Crippen LogP contribution is -2.68. The first kappa shape index (κ1) is 12.7. The Labute approximate surface area is 108 Å². The molecular formula is C16H18O2. The third kappa shape index (κ3) is 1.23. The van der Waals surface area contributed by atoms with Crippen molar-refractivity contribution in [3.05, 3.63) is 48.6 Å². The molecule has 0 aliphatic heterocycles. The van der Waals surface area contributed by atoms with Gasteiger partial charge in [0.2, 0.25) is 0 Å². The summed E-state index contributed by atoms with van der Waals surface area (Å²) >= 11 is 0. The van der Waals surface area contributed by atoms with Crippen molar-refractivity contribution >= 4 is 11.6 Å². The second-order valence-corrected chi connectivity index (χ2v) is 4.83. The molecule has 0 heterocycles. The van der Waals surface area contributed by atoms with E-state index in [1.807, 2.05) is 44.2 Å². The van der Waals surface area contributed by atoms with Gasteiger partial charge in [0, 0.05) is 0 Å². The van der Waals surface area contributed by atoms with E-state index in [1.54, 1.807) is 0 Å². The van der Waals surface area contributed by atoms with Crippen LogP contribution in [0.2, 0.25) is 0 Å². The zero-order chi connectivity index (χ0) is 13.4. The van der Waals surface area contributed by atoms with E-state index in [2.05, 4.69) is 6.58 Å². The average Bonchev–Trinajstić information content (AvgIpc) is 2.43. The Morgan fingerprint density at radius 3 is 1.94 bits per heavy atom. The number of ketones is 2. The minimum Gasteiger partial charge on any atom is -0.297 e. The van der Waals surface area contributed by atoms with Crippen LogP contribution in [0.5, 0.6) is 0 Å². The van der Waals surface area contributed by atoms with Crippen LogP contribution in [-0.4, -0.2) is 11.6 Å². The number of hydrogen-bond donors (Lipinski definition) is 0. The first-order valence-corrected chi connectivity index (χ1v) is 6.39. The third-order valence-corrected chi connectivity index (χ3v) is 4.33. The summed E-state index contributed by atoms with van der Waals surface area (Å²) in [6.07, 6.45) is 2.66. The van der Waals surface area contributed by atoms with E-state index in [1.165, 1.54) is 6.08 Å². The first-order chi connectivity index (χ1) is 8.60. The predicted molar refractivity (Wildman–Crippen MR) is 71.3 cm³/mol. The maximum absolute atomic E-state index is 12.6. The summed E-state index contributed by atoms with van der Waals surface area (Å²) in [5, 5.41) is 0. The molecule has 94 valence electrons. The standard InChI is InChI=1S/C16H18O2/c1-4-15(5-2)13(17)16(6-3,14(15)18)12-10-8-7-9-11-12/h6-11H,3-5H2,1-2H3. The number of hydrogen-bond acceptors (Lipinski definition) is 2. The topological polar surface area (TPSA) is 34.1 Å². The second-order valence-electron chi connectivity index (χ2n) is 4.83. The number of allylic oxidation sites excluding steroid dienone is 1. The zero-order valence-electron chi connectivity index (χ0n) is 10.9. The predicted octanol–water partition coefficient (Wildman–Crippen LogP) is 3.07. The molecule has 0 N–H and O–H groups in total. The number of carbonyl (C=O) groups excluding carboxylic acids is 2. The fraction of sp³-hybridized carbons (Fsp3) is 0.375. The fourth-order valence-electron chi connectivity index (χ4n) is 3.06. The van der Waals surface area contributed by atoms with Crippen molar-refractivity contribution in [1.29, 1.82) is 0 Å². The molecule has 1 saturated carbocycles. The zero-order valence-corrected chi connectivity index (χ0v) is 10.9. The Hall–Kier alpha value is -1.70. The van der Waals surface area contributed by atoms with Gasteiger partial charge in [-0.25, -0.2) is 0 Å². The molecule has 0 amide bonds. The van der Waals surface area contributed by atoms with Gasteiger partial charge in [0.25, 0.3) is 0 Å². The Balaban J connectivity index is 2.54. The summed E-state index contributed by atoms with van der Waals surface area (Å²) in [5.41, 5.74) is -1.15. The summed E-state index contributed by atoms with van der Waals surface area (Å²) in [5.74, 6) is 0.0115. The van der Waals surface area contributed by atoms with Crippen molar-refractivity contribution in [3.8, 4) is 0 Å². The van der Waals surface area contributed by atoms with Gasteiger partial charge in [-0.3, -0.25) is 9.59 Å². The first-order valence-electron chi connectivity index (χ1n) is 6.39. The van der Waals surface area contributed by atoms with Crippen LogP contribution in [0.25, 0.3) is 0 Å². The van der Waals surface area contributed by atoms with Crippen LogP contribution in [0.4, 0.5) is 0 Å². The normalized spacial score (nSPS) is 20.3. The van der Waals surface area contributed by atoms with Crippen LogP contribution in [0, 0.1) is 5.41 Å². The van der Waals surface area contributed by atoms with Crippen LogP contribution in [0.15, 0.2) is 43.0 Å². The highest BCUT2D eigenvalue weighted by atomic mass is 16.2. The van der Waals surface area contributed by atoms with Gasteiger partial charge in [-0.1, -0.05) is 50.3 Å². The quantitative estimate of drug-likeness (QED) is 0.600. The molecule has 0 aromatic heterocycles. The Morgan fingerprint density at radius 1 is 1.06 bits per heavy atom. The molecule has 0 spiro atoms. The molecule has 0 saturated heterocycles. The van der Waals surface area contributed by atoms with Gasteiger partial charge < -0.3 is 0 Å². The Morgan fingerprint density at radius 2 is 1.56 bits per heavy atom. The van der Waals surface area contributed by atoms with E-state index in [-0.39, 0.29) is 11.6 Å². The monoisotopic (exact) mass is 242 g/mol. The van der Waals surface area contributed by atoms with Gasteiger partial charge in [-0.15, -0.1) is 6.58 Å². The molecule has 2 nitrogen and oxygen atoms in total. The van der Waals surface area contributed by atoms with Gasteiger partial charge in [0.05, 0.1) is 5.41 Å². The van der Waals surface area contributed by atoms with E-state index in [0.717, 1.165) is 5.56 Å². The lowest BCUT2D eigenvalue weighted by Gasteiger charge is -2.50. The number of benzene rings is 1. The maximum atomic E-state index is 12.6. The summed E-state index contributed by atoms with van der Waals surface area (Å²) in [6, 6.07) is 9.22. The molecule has 0 bridgehead atoms. The molecule has 1 aromatic carbocycles. The highest BCUT2D eigenvalue weighted by Gasteiger charge is 2.68. The molecule has 0 radical (unpaired) electrons. The molecular weight excluding hydrogens is 224 g/mol. The van der Waals surface area contributed by atoms with Crippen molar-refractivity contribution in [2.45, 2.75) is 32.1 Å². The van der Waals surface area contributed by atoms with Crippen molar-refractivity contribution in [1.82, 2.24) is 0 Å². The van der Waals surface area contributed by atoms with Crippen molar-refractivity contribution in [2.24, 2.45) is 5.41 Å². The lowest BCUT2D eigenvalue weighted by atomic mass is 9.46. The van der Waals surface area contributed by atoms with Gasteiger partial charge in [-0.2, -0.15) is 0 Å². The molecule has 2 heteroatoms. The highest BCUT2D eigenvalue weighted by molar-refractivity contribution is 6.36. The van der Waals surface area contributed by atoms with Crippen LogP contribution < -0.4 is 0 Å². The van der Waals surface area contributed by atoms with Gasteiger partial charge in [0.15, 0.2) is 11.6 Å². The van der Waals surface area contributed by atoms with Gasteiger partial charge in [-0.05, 0) is 18.4 Å². The molecule has 1 fully saturated rings. The molecule has 0 unspecified atom stereocenters. The largest absolute Gasteiger partial charge is 0.297 e. The third-order valence-electron chi connectivity index (χ3n) is 4.33. The summed E-state index contributed by atoms with van der Waals surface area (Å²) in [6.45, 7) is 7.52. The smallest absolute Gasteiger partial charge is 0.168 e.